The summed E-state index contributed by atoms with van der Waals surface area (Å²) in [4.78, 5) is 20.5. The Morgan fingerprint density at radius 3 is 2.88 bits per heavy atom. The van der Waals surface area contributed by atoms with Gasteiger partial charge >= 0.3 is 0 Å². The lowest BCUT2D eigenvalue weighted by Gasteiger charge is -2.08. The number of methoxy groups -OCH3 is 1. The van der Waals surface area contributed by atoms with Gasteiger partial charge in [-0.3, -0.25) is 4.79 Å². The van der Waals surface area contributed by atoms with Crippen LogP contribution < -0.4 is 14.8 Å². The summed E-state index contributed by atoms with van der Waals surface area (Å²) in [6.45, 7) is 0.372. The van der Waals surface area contributed by atoms with Gasteiger partial charge < -0.3 is 14.8 Å². The topological polar surface area (TPSA) is 73.3 Å². The van der Waals surface area contributed by atoms with Gasteiger partial charge in [-0.2, -0.15) is 0 Å². The van der Waals surface area contributed by atoms with E-state index < -0.39 is 0 Å². The van der Waals surface area contributed by atoms with Crippen LogP contribution in [0.25, 0.3) is 0 Å². The van der Waals surface area contributed by atoms with Crippen molar-refractivity contribution in [2.24, 2.45) is 0 Å². The van der Waals surface area contributed by atoms with Crippen LogP contribution in [0.1, 0.15) is 16.1 Å². The van der Waals surface area contributed by atoms with Crippen molar-refractivity contribution in [3.05, 3.63) is 64.7 Å². The van der Waals surface area contributed by atoms with Crippen LogP contribution in [0.15, 0.2) is 53.5 Å². The van der Waals surface area contributed by atoms with E-state index in [0.717, 1.165) is 5.69 Å². The molecular weight excluding hydrogens is 326 g/mol. The number of nitrogens with one attached hydrogen (secondary N) is 1. The molecule has 0 aliphatic rings. The van der Waals surface area contributed by atoms with Gasteiger partial charge in [-0.15, -0.1) is 11.3 Å². The van der Waals surface area contributed by atoms with Gasteiger partial charge in [-0.05, 0) is 24.3 Å². The molecule has 122 valence electrons. The Balaban J connectivity index is 1.64. The monoisotopic (exact) mass is 341 g/mol. The van der Waals surface area contributed by atoms with Crippen molar-refractivity contribution in [3.63, 3.8) is 0 Å². The summed E-state index contributed by atoms with van der Waals surface area (Å²) in [6, 6.07) is 10.4. The molecule has 1 N–H and O–H groups in total. The summed E-state index contributed by atoms with van der Waals surface area (Å²) >= 11 is 1.52. The molecule has 0 bridgehead atoms. The lowest BCUT2D eigenvalue weighted by Crippen LogP contribution is -2.12. The van der Waals surface area contributed by atoms with Crippen molar-refractivity contribution in [3.8, 4) is 11.6 Å². The number of hydrogen-bond donors (Lipinski definition) is 1. The second kappa shape index (κ2) is 7.56. The fourth-order valence-corrected chi connectivity index (χ4v) is 2.51. The Morgan fingerprint density at radius 1 is 1.25 bits per heavy atom. The predicted octanol–water partition coefficient (Wildman–Crippen LogP) is 3.38. The first-order valence-electron chi connectivity index (χ1n) is 7.16. The van der Waals surface area contributed by atoms with Gasteiger partial charge in [0, 0.05) is 17.0 Å². The van der Waals surface area contributed by atoms with Crippen molar-refractivity contribution in [1.29, 1.82) is 0 Å². The third kappa shape index (κ3) is 4.08. The number of benzene rings is 1. The number of rotatable bonds is 6. The average molecular weight is 341 g/mol. The van der Waals surface area contributed by atoms with E-state index in [4.69, 9.17) is 9.47 Å². The molecule has 24 heavy (non-hydrogen) atoms. The molecule has 0 aliphatic carbocycles. The number of amides is 1. The minimum atomic E-state index is -0.235. The minimum absolute atomic E-state index is 0.235. The number of anilines is 1. The zero-order valence-electron chi connectivity index (χ0n) is 12.9. The van der Waals surface area contributed by atoms with E-state index in [9.17, 15) is 4.79 Å². The van der Waals surface area contributed by atoms with Crippen molar-refractivity contribution >= 4 is 22.9 Å². The first kappa shape index (κ1) is 15.9. The fraction of sp³-hybridized carbons (Fsp3) is 0.118. The Morgan fingerprint density at radius 2 is 2.17 bits per heavy atom. The molecule has 0 atom stereocenters. The van der Waals surface area contributed by atoms with Gasteiger partial charge in [0.25, 0.3) is 5.91 Å². The van der Waals surface area contributed by atoms with Crippen molar-refractivity contribution in [1.82, 2.24) is 9.97 Å². The number of thiazole rings is 1. The van der Waals surface area contributed by atoms with E-state index in [1.165, 1.54) is 18.4 Å². The number of carbonyl (C=O) groups excluding carboxylic acids is 1. The Hall–Kier alpha value is -2.93. The van der Waals surface area contributed by atoms with E-state index in [2.05, 4.69) is 15.3 Å². The van der Waals surface area contributed by atoms with Gasteiger partial charge in [-0.1, -0.05) is 6.07 Å². The van der Waals surface area contributed by atoms with E-state index >= 15 is 0 Å². The highest BCUT2D eigenvalue weighted by molar-refractivity contribution is 7.07. The summed E-state index contributed by atoms with van der Waals surface area (Å²) in [5.41, 5.74) is 3.71. The minimum Gasteiger partial charge on any atom is -0.487 e. The van der Waals surface area contributed by atoms with Gasteiger partial charge in [0.05, 0.1) is 30.2 Å². The van der Waals surface area contributed by atoms with Crippen LogP contribution in [0.4, 0.5) is 5.69 Å². The van der Waals surface area contributed by atoms with E-state index in [1.807, 2.05) is 5.38 Å². The van der Waals surface area contributed by atoms with Crippen LogP contribution in [0.3, 0.4) is 0 Å². The third-order valence-corrected chi connectivity index (χ3v) is 3.81. The standard InChI is InChI=1S/C17H15N3O3S/c1-22-16-6-5-13(8-18-16)20-17(21)12-3-2-4-15(7-12)23-9-14-10-24-11-19-14/h2-8,10-11H,9H2,1H3,(H,20,21). The zero-order chi connectivity index (χ0) is 16.8. The summed E-state index contributed by atoms with van der Waals surface area (Å²) in [6.07, 6.45) is 1.54. The summed E-state index contributed by atoms with van der Waals surface area (Å²) in [5.74, 6) is 0.870. The maximum Gasteiger partial charge on any atom is 0.255 e. The predicted molar refractivity (Wildman–Crippen MR) is 91.6 cm³/mol. The van der Waals surface area contributed by atoms with Crippen LogP contribution in [-0.2, 0) is 6.61 Å². The number of ether oxygens (including phenoxy) is 2. The molecule has 0 unspecified atom stereocenters. The van der Waals surface area contributed by atoms with Crippen LogP contribution in [0, 0.1) is 0 Å². The molecule has 6 nitrogen and oxygen atoms in total. The molecule has 0 saturated carbocycles. The molecule has 1 aromatic carbocycles. The number of aromatic nitrogens is 2. The molecule has 0 aliphatic heterocycles. The Labute approximate surface area is 143 Å². The number of pyridine rings is 1. The number of hydrogen-bond acceptors (Lipinski definition) is 6. The quantitative estimate of drug-likeness (QED) is 0.744. The summed E-state index contributed by atoms with van der Waals surface area (Å²) in [7, 11) is 1.54. The molecule has 0 saturated heterocycles. The maximum atomic E-state index is 12.3. The fourth-order valence-electron chi connectivity index (χ4n) is 1.97. The molecule has 1 amide bonds. The van der Waals surface area contributed by atoms with Gasteiger partial charge in [0.1, 0.15) is 12.4 Å². The van der Waals surface area contributed by atoms with Crippen molar-refractivity contribution < 1.29 is 14.3 Å². The zero-order valence-corrected chi connectivity index (χ0v) is 13.7. The maximum absolute atomic E-state index is 12.3. The highest BCUT2D eigenvalue weighted by Crippen LogP contribution is 2.17. The molecule has 2 aromatic heterocycles. The highest BCUT2D eigenvalue weighted by atomic mass is 32.1. The smallest absolute Gasteiger partial charge is 0.255 e. The van der Waals surface area contributed by atoms with Gasteiger partial charge in [0.2, 0.25) is 5.88 Å². The number of carbonyl (C=O) groups is 1. The van der Waals surface area contributed by atoms with Crippen LogP contribution >= 0.6 is 11.3 Å². The molecular formula is C17H15N3O3S. The highest BCUT2D eigenvalue weighted by Gasteiger charge is 2.08. The van der Waals surface area contributed by atoms with E-state index in [1.54, 1.807) is 48.1 Å². The number of nitrogens with zero attached hydrogens (tertiary/aromatic N) is 2. The molecule has 7 heteroatoms. The molecule has 3 rings (SSSR count). The second-order valence-corrected chi connectivity index (χ2v) is 5.56. The van der Waals surface area contributed by atoms with Crippen LogP contribution in [-0.4, -0.2) is 23.0 Å². The molecule has 0 fully saturated rings. The largest absolute Gasteiger partial charge is 0.487 e. The molecule has 0 spiro atoms. The van der Waals surface area contributed by atoms with Crippen molar-refractivity contribution in [2.45, 2.75) is 6.61 Å². The SMILES string of the molecule is COc1ccc(NC(=O)c2cccc(OCc3cscn3)c2)cn1. The lowest BCUT2D eigenvalue weighted by molar-refractivity contribution is 0.102. The van der Waals surface area contributed by atoms with Gasteiger partial charge in [0.15, 0.2) is 0 Å². The molecule has 3 aromatic rings. The second-order valence-electron chi connectivity index (χ2n) is 4.84. The van der Waals surface area contributed by atoms with Crippen molar-refractivity contribution in [2.75, 3.05) is 12.4 Å². The summed E-state index contributed by atoms with van der Waals surface area (Å²) < 4.78 is 10.6. The summed E-state index contributed by atoms with van der Waals surface area (Å²) in [5, 5.41) is 4.71. The first-order valence-corrected chi connectivity index (χ1v) is 8.10. The van der Waals surface area contributed by atoms with Crippen LogP contribution in [0.5, 0.6) is 11.6 Å². The van der Waals surface area contributed by atoms with E-state index in [0.29, 0.717) is 29.5 Å². The first-order chi connectivity index (χ1) is 11.7. The molecule has 2 heterocycles. The van der Waals surface area contributed by atoms with E-state index in [-0.39, 0.29) is 5.91 Å². The Bertz CT molecular complexity index is 804. The Kier molecular flexibility index (Phi) is 5.02. The van der Waals surface area contributed by atoms with Gasteiger partial charge in [-0.25, -0.2) is 9.97 Å². The van der Waals surface area contributed by atoms with Crippen LogP contribution in [0.2, 0.25) is 0 Å². The third-order valence-electron chi connectivity index (χ3n) is 3.17. The average Bonchev–Trinajstić information content (AvgIpc) is 3.14. The molecule has 0 radical (unpaired) electrons. The lowest BCUT2D eigenvalue weighted by atomic mass is 10.2. The normalized spacial score (nSPS) is 10.2.